The third-order valence-electron chi connectivity index (χ3n) is 4.15. The number of pyridine rings is 1. The molecule has 0 radical (unpaired) electrons. The second kappa shape index (κ2) is 8.35. The lowest BCUT2D eigenvalue weighted by Crippen LogP contribution is -2.24. The standard InChI is InChI=1S/C21H18N4O4/c1-14-4-6-16(12-23-14)27-9-3-2-8-22-21(26)18-11-17(24-25-18)15-5-7-19-20(10-15)29-13-28-19/h4-7,10-12H,8-9,13H2,1H3,(H,22,26)(H,24,25). The van der Waals surface area contributed by atoms with Gasteiger partial charge in [0.2, 0.25) is 6.79 Å². The number of ether oxygens (including phenoxy) is 3. The zero-order valence-electron chi connectivity index (χ0n) is 15.7. The highest BCUT2D eigenvalue weighted by atomic mass is 16.7. The van der Waals surface area contributed by atoms with Crippen LogP contribution in [0.4, 0.5) is 0 Å². The zero-order chi connectivity index (χ0) is 20.1. The van der Waals surface area contributed by atoms with E-state index in [-0.39, 0.29) is 25.9 Å². The Balaban J connectivity index is 1.27. The van der Waals surface area contributed by atoms with Gasteiger partial charge in [-0.05, 0) is 43.3 Å². The minimum atomic E-state index is -0.289. The van der Waals surface area contributed by atoms with Gasteiger partial charge in [0.1, 0.15) is 18.1 Å². The van der Waals surface area contributed by atoms with Crippen LogP contribution in [-0.4, -0.2) is 41.0 Å². The summed E-state index contributed by atoms with van der Waals surface area (Å²) in [6.45, 7) is 2.54. The SMILES string of the molecule is Cc1ccc(OCC#CCNC(=O)c2cc(-c3ccc4c(c3)OCO4)n[nH]2)cn1. The number of hydrogen-bond donors (Lipinski definition) is 2. The molecule has 2 N–H and O–H groups in total. The first-order valence-corrected chi connectivity index (χ1v) is 8.94. The van der Waals surface area contributed by atoms with Gasteiger partial charge in [-0.15, -0.1) is 0 Å². The third kappa shape index (κ3) is 4.47. The Hall–Kier alpha value is -3.99. The molecule has 8 heteroatoms. The summed E-state index contributed by atoms with van der Waals surface area (Å²) >= 11 is 0. The number of H-pyrrole nitrogens is 1. The predicted molar refractivity (Wildman–Crippen MR) is 105 cm³/mol. The fraction of sp³-hybridized carbons (Fsp3) is 0.190. The topological polar surface area (TPSA) is 98.4 Å². The molecule has 0 unspecified atom stereocenters. The molecule has 0 spiro atoms. The molecule has 2 aromatic heterocycles. The highest BCUT2D eigenvalue weighted by Gasteiger charge is 2.16. The van der Waals surface area contributed by atoms with E-state index in [1.54, 1.807) is 12.3 Å². The maximum atomic E-state index is 12.2. The van der Waals surface area contributed by atoms with Crippen LogP contribution in [0.5, 0.6) is 17.2 Å². The molecule has 0 atom stereocenters. The summed E-state index contributed by atoms with van der Waals surface area (Å²) in [5.41, 5.74) is 2.74. The number of amides is 1. The molecular formula is C21H18N4O4. The fourth-order valence-electron chi connectivity index (χ4n) is 2.63. The van der Waals surface area contributed by atoms with Gasteiger partial charge in [0.25, 0.3) is 5.91 Å². The van der Waals surface area contributed by atoms with Gasteiger partial charge < -0.3 is 19.5 Å². The fourth-order valence-corrected chi connectivity index (χ4v) is 2.63. The quantitative estimate of drug-likeness (QED) is 0.649. The van der Waals surface area contributed by atoms with Crippen molar-refractivity contribution in [3.63, 3.8) is 0 Å². The van der Waals surface area contributed by atoms with E-state index in [1.807, 2.05) is 37.3 Å². The molecule has 0 bridgehead atoms. The van der Waals surface area contributed by atoms with Crippen molar-refractivity contribution in [1.29, 1.82) is 0 Å². The van der Waals surface area contributed by atoms with E-state index in [0.717, 1.165) is 11.3 Å². The molecule has 1 aliphatic heterocycles. The minimum absolute atomic E-state index is 0.201. The van der Waals surface area contributed by atoms with Crippen molar-refractivity contribution in [2.24, 2.45) is 0 Å². The molecule has 4 rings (SSSR count). The number of fused-ring (bicyclic) bond motifs is 1. The van der Waals surface area contributed by atoms with Gasteiger partial charge in [0.15, 0.2) is 11.5 Å². The maximum absolute atomic E-state index is 12.2. The van der Waals surface area contributed by atoms with Gasteiger partial charge in [-0.1, -0.05) is 11.8 Å². The summed E-state index contributed by atoms with van der Waals surface area (Å²) in [6, 6.07) is 10.9. The summed E-state index contributed by atoms with van der Waals surface area (Å²) in [7, 11) is 0. The third-order valence-corrected chi connectivity index (χ3v) is 4.15. The van der Waals surface area contributed by atoms with Crippen LogP contribution >= 0.6 is 0 Å². The molecule has 8 nitrogen and oxygen atoms in total. The molecular weight excluding hydrogens is 372 g/mol. The Bertz CT molecular complexity index is 1080. The Kier molecular flexibility index (Phi) is 5.29. The Morgan fingerprint density at radius 2 is 2.10 bits per heavy atom. The first kappa shape index (κ1) is 18.4. The summed E-state index contributed by atoms with van der Waals surface area (Å²) in [5, 5.41) is 9.64. The summed E-state index contributed by atoms with van der Waals surface area (Å²) < 4.78 is 16.1. The Morgan fingerprint density at radius 3 is 2.97 bits per heavy atom. The number of nitrogens with zero attached hydrogens (tertiary/aromatic N) is 2. The summed E-state index contributed by atoms with van der Waals surface area (Å²) in [6.07, 6.45) is 1.65. The van der Waals surface area contributed by atoms with Crippen molar-refractivity contribution in [3.8, 4) is 40.3 Å². The van der Waals surface area contributed by atoms with Crippen molar-refractivity contribution in [3.05, 3.63) is 54.0 Å². The Labute approximate surface area is 167 Å². The smallest absolute Gasteiger partial charge is 0.270 e. The Morgan fingerprint density at radius 1 is 1.21 bits per heavy atom. The van der Waals surface area contributed by atoms with Gasteiger partial charge in [-0.2, -0.15) is 5.10 Å². The zero-order valence-corrected chi connectivity index (χ0v) is 15.7. The molecule has 3 aromatic rings. The maximum Gasteiger partial charge on any atom is 0.270 e. The van der Waals surface area contributed by atoms with Gasteiger partial charge >= 0.3 is 0 Å². The van der Waals surface area contributed by atoms with Crippen LogP contribution in [0.3, 0.4) is 0 Å². The van der Waals surface area contributed by atoms with E-state index < -0.39 is 0 Å². The van der Waals surface area contributed by atoms with Crippen LogP contribution in [-0.2, 0) is 0 Å². The lowest BCUT2D eigenvalue weighted by Gasteiger charge is -2.01. The molecule has 0 saturated heterocycles. The lowest BCUT2D eigenvalue weighted by atomic mass is 10.1. The molecule has 146 valence electrons. The van der Waals surface area contributed by atoms with Crippen molar-refractivity contribution >= 4 is 5.91 Å². The van der Waals surface area contributed by atoms with Crippen LogP contribution in [0.15, 0.2) is 42.6 Å². The number of rotatable bonds is 5. The summed E-state index contributed by atoms with van der Waals surface area (Å²) in [5.74, 6) is 7.41. The average molecular weight is 390 g/mol. The van der Waals surface area contributed by atoms with Gasteiger partial charge in [-0.3, -0.25) is 14.9 Å². The predicted octanol–water partition coefficient (Wildman–Crippen LogP) is 2.32. The molecule has 1 aliphatic rings. The van der Waals surface area contributed by atoms with Crippen molar-refractivity contribution in [2.45, 2.75) is 6.92 Å². The molecule has 3 heterocycles. The van der Waals surface area contributed by atoms with E-state index in [2.05, 4.69) is 32.3 Å². The number of benzene rings is 1. The van der Waals surface area contributed by atoms with Gasteiger partial charge in [-0.25, -0.2) is 0 Å². The largest absolute Gasteiger partial charge is 0.479 e. The molecule has 1 amide bonds. The normalized spacial score (nSPS) is 11.5. The molecule has 29 heavy (non-hydrogen) atoms. The van der Waals surface area contributed by atoms with Crippen LogP contribution in [0.1, 0.15) is 16.2 Å². The highest BCUT2D eigenvalue weighted by Crippen LogP contribution is 2.35. The first-order chi connectivity index (χ1) is 14.2. The number of aromatic nitrogens is 3. The molecule has 0 saturated carbocycles. The number of aryl methyl sites for hydroxylation is 1. The monoisotopic (exact) mass is 390 g/mol. The summed E-state index contributed by atoms with van der Waals surface area (Å²) in [4.78, 5) is 16.4. The van der Waals surface area contributed by atoms with Crippen LogP contribution in [0.25, 0.3) is 11.3 Å². The van der Waals surface area contributed by atoms with Crippen LogP contribution in [0.2, 0.25) is 0 Å². The van der Waals surface area contributed by atoms with Crippen LogP contribution in [0, 0.1) is 18.8 Å². The lowest BCUT2D eigenvalue weighted by molar-refractivity contribution is 0.0953. The molecule has 0 fully saturated rings. The van der Waals surface area contributed by atoms with E-state index >= 15 is 0 Å². The number of hydrogen-bond acceptors (Lipinski definition) is 6. The van der Waals surface area contributed by atoms with E-state index in [9.17, 15) is 4.79 Å². The van der Waals surface area contributed by atoms with Crippen molar-refractivity contribution in [1.82, 2.24) is 20.5 Å². The number of nitrogens with one attached hydrogen (secondary N) is 2. The average Bonchev–Trinajstić information content (AvgIpc) is 3.40. The number of carbonyl (C=O) groups is 1. The van der Waals surface area contributed by atoms with E-state index in [1.165, 1.54) is 0 Å². The van der Waals surface area contributed by atoms with E-state index in [4.69, 9.17) is 14.2 Å². The molecule has 0 aliphatic carbocycles. The second-order valence-electron chi connectivity index (χ2n) is 6.20. The van der Waals surface area contributed by atoms with Crippen molar-refractivity contribution in [2.75, 3.05) is 19.9 Å². The number of aromatic amines is 1. The number of carbonyl (C=O) groups excluding carboxylic acids is 1. The highest BCUT2D eigenvalue weighted by molar-refractivity contribution is 5.93. The van der Waals surface area contributed by atoms with Crippen molar-refractivity contribution < 1.29 is 19.0 Å². The minimum Gasteiger partial charge on any atom is -0.479 e. The van der Waals surface area contributed by atoms with Gasteiger partial charge in [0.05, 0.1) is 18.4 Å². The second-order valence-corrected chi connectivity index (χ2v) is 6.20. The molecule has 1 aromatic carbocycles. The van der Waals surface area contributed by atoms with E-state index in [0.29, 0.717) is 28.6 Å². The van der Waals surface area contributed by atoms with Crippen LogP contribution < -0.4 is 19.5 Å². The van der Waals surface area contributed by atoms with Gasteiger partial charge in [0, 0.05) is 11.3 Å². The first-order valence-electron chi connectivity index (χ1n) is 8.94.